The molecule has 0 radical (unpaired) electrons. The minimum atomic E-state index is -0.401. The lowest BCUT2D eigenvalue weighted by Crippen LogP contribution is -2.15. The summed E-state index contributed by atoms with van der Waals surface area (Å²) in [5.74, 6) is 0.820. The van der Waals surface area contributed by atoms with E-state index in [9.17, 15) is 9.90 Å². The second kappa shape index (κ2) is 4.92. The first-order chi connectivity index (χ1) is 9.25. The molecule has 0 amide bonds. The summed E-state index contributed by atoms with van der Waals surface area (Å²) in [6.07, 6.45) is 4.03. The van der Waals surface area contributed by atoms with E-state index in [4.69, 9.17) is 4.42 Å². The van der Waals surface area contributed by atoms with E-state index in [1.807, 2.05) is 30.3 Å². The van der Waals surface area contributed by atoms with Gasteiger partial charge >= 0.3 is 5.63 Å². The van der Waals surface area contributed by atoms with Crippen LogP contribution in [0.2, 0.25) is 0 Å². The van der Waals surface area contributed by atoms with E-state index in [-0.39, 0.29) is 5.75 Å². The molecule has 1 aliphatic rings. The van der Waals surface area contributed by atoms with Gasteiger partial charge in [0.25, 0.3) is 0 Å². The Labute approximate surface area is 111 Å². The van der Waals surface area contributed by atoms with Gasteiger partial charge in [-0.25, -0.2) is 4.79 Å². The van der Waals surface area contributed by atoms with Gasteiger partial charge in [0.15, 0.2) is 0 Å². The Bertz CT molecular complexity index is 641. The van der Waals surface area contributed by atoms with Crippen molar-refractivity contribution in [3.8, 4) is 5.75 Å². The Morgan fingerprint density at radius 2 is 1.84 bits per heavy atom. The molecule has 1 aromatic heterocycles. The zero-order valence-corrected chi connectivity index (χ0v) is 10.7. The highest BCUT2D eigenvalue weighted by Crippen LogP contribution is 2.30. The Kier molecular flexibility index (Phi) is 3.11. The number of aromatic hydroxyl groups is 1. The van der Waals surface area contributed by atoms with Crippen LogP contribution in [0.25, 0.3) is 0 Å². The Balaban J connectivity index is 2.04. The normalized spacial score (nSPS) is 14.1. The lowest BCUT2D eigenvalue weighted by Gasteiger charge is -2.16. The average molecular weight is 256 g/mol. The smallest absolute Gasteiger partial charge is 0.343 e. The fourth-order valence-corrected chi connectivity index (χ4v) is 2.65. The van der Waals surface area contributed by atoms with E-state index >= 15 is 0 Å². The van der Waals surface area contributed by atoms with Gasteiger partial charge in [0, 0.05) is 18.4 Å². The molecule has 0 spiro atoms. The van der Waals surface area contributed by atoms with Gasteiger partial charge in [-0.05, 0) is 24.8 Å². The number of hydrogen-bond acceptors (Lipinski definition) is 3. The molecular formula is C16H16O3. The summed E-state index contributed by atoms with van der Waals surface area (Å²) in [7, 11) is 0. The first-order valence-corrected chi connectivity index (χ1v) is 6.66. The van der Waals surface area contributed by atoms with Crippen LogP contribution >= 0.6 is 0 Å². The lowest BCUT2D eigenvalue weighted by atomic mass is 9.94. The summed E-state index contributed by atoms with van der Waals surface area (Å²) < 4.78 is 5.37. The van der Waals surface area contributed by atoms with Crippen LogP contribution < -0.4 is 5.63 Å². The highest BCUT2D eigenvalue weighted by molar-refractivity contribution is 5.43. The van der Waals surface area contributed by atoms with E-state index in [2.05, 4.69) is 0 Å². The van der Waals surface area contributed by atoms with Gasteiger partial charge in [-0.15, -0.1) is 0 Å². The predicted octanol–water partition coefficient (Wildman–Crippen LogP) is 2.82. The van der Waals surface area contributed by atoms with Crippen molar-refractivity contribution in [3.63, 3.8) is 0 Å². The minimum Gasteiger partial charge on any atom is -0.507 e. The molecule has 0 atom stereocenters. The summed E-state index contributed by atoms with van der Waals surface area (Å²) in [6, 6.07) is 9.66. The summed E-state index contributed by atoms with van der Waals surface area (Å²) in [6.45, 7) is 0. The third-order valence-corrected chi connectivity index (χ3v) is 3.67. The molecule has 2 aromatic rings. The molecule has 0 saturated carbocycles. The van der Waals surface area contributed by atoms with Crippen molar-refractivity contribution in [1.29, 1.82) is 0 Å². The van der Waals surface area contributed by atoms with E-state index in [0.717, 1.165) is 36.8 Å². The lowest BCUT2D eigenvalue weighted by molar-refractivity contribution is 0.385. The first kappa shape index (κ1) is 12.0. The van der Waals surface area contributed by atoms with E-state index in [0.29, 0.717) is 17.7 Å². The fraction of sp³-hybridized carbons (Fsp3) is 0.312. The number of benzene rings is 1. The second-order valence-corrected chi connectivity index (χ2v) is 4.99. The molecule has 3 rings (SSSR count). The summed E-state index contributed by atoms with van der Waals surface area (Å²) in [4.78, 5) is 12.0. The zero-order chi connectivity index (χ0) is 13.2. The van der Waals surface area contributed by atoms with Crippen LogP contribution in [0.5, 0.6) is 5.75 Å². The van der Waals surface area contributed by atoms with Crippen LogP contribution in [0.15, 0.2) is 39.5 Å². The molecule has 0 aliphatic heterocycles. The maximum absolute atomic E-state index is 12.0. The molecule has 98 valence electrons. The highest BCUT2D eigenvalue weighted by Gasteiger charge is 2.21. The van der Waals surface area contributed by atoms with E-state index in [1.165, 1.54) is 0 Å². The summed E-state index contributed by atoms with van der Waals surface area (Å²) in [5.41, 5.74) is 1.81. The number of rotatable bonds is 2. The topological polar surface area (TPSA) is 50.4 Å². The van der Waals surface area contributed by atoms with Gasteiger partial charge in [0.2, 0.25) is 0 Å². The van der Waals surface area contributed by atoms with Crippen molar-refractivity contribution >= 4 is 0 Å². The summed E-state index contributed by atoms with van der Waals surface area (Å²) >= 11 is 0. The molecule has 0 bridgehead atoms. The standard InChI is InChI=1S/C16H16O3/c17-15-12-8-4-5-9-14(12)19-16(18)13(15)10-11-6-2-1-3-7-11/h1-3,6-7,17H,4-5,8-10H2. The van der Waals surface area contributed by atoms with Crippen LogP contribution in [0.3, 0.4) is 0 Å². The van der Waals surface area contributed by atoms with E-state index < -0.39 is 5.63 Å². The molecule has 1 heterocycles. The van der Waals surface area contributed by atoms with Crippen LogP contribution in [0.1, 0.15) is 35.3 Å². The van der Waals surface area contributed by atoms with Gasteiger partial charge in [-0.2, -0.15) is 0 Å². The van der Waals surface area contributed by atoms with Crippen LogP contribution in [0.4, 0.5) is 0 Å². The number of aryl methyl sites for hydroxylation is 1. The molecule has 0 fully saturated rings. The zero-order valence-electron chi connectivity index (χ0n) is 10.7. The molecule has 0 saturated heterocycles. The van der Waals surface area contributed by atoms with Crippen molar-refractivity contribution < 1.29 is 9.52 Å². The van der Waals surface area contributed by atoms with Gasteiger partial charge in [0.1, 0.15) is 11.5 Å². The van der Waals surface area contributed by atoms with Crippen LogP contribution in [0, 0.1) is 0 Å². The monoisotopic (exact) mass is 256 g/mol. The fourth-order valence-electron chi connectivity index (χ4n) is 2.65. The maximum Gasteiger partial charge on any atom is 0.343 e. The SMILES string of the molecule is O=c1oc2c(c(O)c1Cc1ccccc1)CCCC2. The molecule has 3 heteroatoms. The molecular weight excluding hydrogens is 240 g/mol. The van der Waals surface area contributed by atoms with Crippen LogP contribution in [-0.2, 0) is 19.3 Å². The van der Waals surface area contributed by atoms with Crippen molar-refractivity contribution in [3.05, 3.63) is 63.2 Å². The molecule has 1 N–H and O–H groups in total. The van der Waals surface area contributed by atoms with Gasteiger partial charge in [-0.1, -0.05) is 30.3 Å². The maximum atomic E-state index is 12.0. The minimum absolute atomic E-state index is 0.148. The third kappa shape index (κ3) is 2.28. The first-order valence-electron chi connectivity index (χ1n) is 6.66. The van der Waals surface area contributed by atoms with E-state index in [1.54, 1.807) is 0 Å². The van der Waals surface area contributed by atoms with Crippen molar-refractivity contribution in [1.82, 2.24) is 0 Å². The molecule has 1 aromatic carbocycles. The Morgan fingerprint density at radius 3 is 2.63 bits per heavy atom. The predicted molar refractivity (Wildman–Crippen MR) is 72.5 cm³/mol. The van der Waals surface area contributed by atoms with Crippen molar-refractivity contribution in [2.75, 3.05) is 0 Å². The molecule has 1 aliphatic carbocycles. The third-order valence-electron chi connectivity index (χ3n) is 3.67. The highest BCUT2D eigenvalue weighted by atomic mass is 16.4. The van der Waals surface area contributed by atoms with Crippen LogP contribution in [-0.4, -0.2) is 5.11 Å². The largest absolute Gasteiger partial charge is 0.507 e. The molecule has 19 heavy (non-hydrogen) atoms. The van der Waals surface area contributed by atoms with Gasteiger partial charge in [-0.3, -0.25) is 0 Å². The van der Waals surface area contributed by atoms with Gasteiger partial charge in [0.05, 0.1) is 5.56 Å². The summed E-state index contributed by atoms with van der Waals surface area (Å²) in [5, 5.41) is 10.3. The molecule has 3 nitrogen and oxygen atoms in total. The Morgan fingerprint density at radius 1 is 1.11 bits per heavy atom. The van der Waals surface area contributed by atoms with Crippen molar-refractivity contribution in [2.45, 2.75) is 32.1 Å². The Hall–Kier alpha value is -2.03. The number of fused-ring (bicyclic) bond motifs is 1. The van der Waals surface area contributed by atoms with Gasteiger partial charge < -0.3 is 9.52 Å². The second-order valence-electron chi connectivity index (χ2n) is 4.99. The molecule has 0 unspecified atom stereocenters. The van der Waals surface area contributed by atoms with Crippen molar-refractivity contribution in [2.24, 2.45) is 0 Å². The number of hydrogen-bond donors (Lipinski definition) is 1. The average Bonchev–Trinajstić information content (AvgIpc) is 2.45. The quantitative estimate of drug-likeness (QED) is 0.898.